The van der Waals surface area contributed by atoms with Crippen molar-refractivity contribution in [2.75, 3.05) is 6.54 Å². The molecule has 1 aliphatic rings. The molecular formula is C12H12N4O3S. The fourth-order valence-corrected chi connectivity index (χ4v) is 3.85. The van der Waals surface area contributed by atoms with Gasteiger partial charge in [0.05, 0.1) is 0 Å². The van der Waals surface area contributed by atoms with E-state index >= 15 is 0 Å². The Morgan fingerprint density at radius 1 is 1.45 bits per heavy atom. The van der Waals surface area contributed by atoms with Crippen molar-refractivity contribution in [3.8, 4) is 6.07 Å². The van der Waals surface area contributed by atoms with Crippen molar-refractivity contribution in [3.63, 3.8) is 0 Å². The number of piperidine rings is 1. The van der Waals surface area contributed by atoms with Gasteiger partial charge >= 0.3 is 0 Å². The van der Waals surface area contributed by atoms with E-state index in [1.54, 1.807) is 6.07 Å². The van der Waals surface area contributed by atoms with Gasteiger partial charge in [-0.05, 0) is 31.4 Å². The minimum Gasteiger partial charge on any atom is -0.244 e. The second-order valence-electron chi connectivity index (χ2n) is 4.27. The van der Waals surface area contributed by atoms with Crippen LogP contribution in [0.1, 0.15) is 25.0 Å². The van der Waals surface area contributed by atoms with Gasteiger partial charge in [-0.15, -0.1) is 0 Å². The Balaban J connectivity index is 2.48. The zero-order valence-corrected chi connectivity index (χ0v) is 11.4. The first-order valence-corrected chi connectivity index (χ1v) is 7.49. The number of aliphatic imine (C=N–C) groups is 1. The third-order valence-corrected chi connectivity index (χ3v) is 5.02. The summed E-state index contributed by atoms with van der Waals surface area (Å²) in [5.41, 5.74) is -0.160. The van der Waals surface area contributed by atoms with E-state index in [1.807, 2.05) is 0 Å². The highest BCUT2D eigenvalue weighted by Crippen LogP contribution is 2.26. The molecule has 2 heterocycles. The number of aromatic nitrogens is 1. The maximum atomic E-state index is 12.6. The van der Waals surface area contributed by atoms with Crippen molar-refractivity contribution in [1.82, 2.24) is 9.29 Å². The number of rotatable bonds is 3. The van der Waals surface area contributed by atoms with E-state index in [1.165, 1.54) is 24.4 Å². The number of sulfonamides is 1. The molecule has 20 heavy (non-hydrogen) atoms. The van der Waals surface area contributed by atoms with E-state index in [0.717, 1.165) is 10.7 Å². The van der Waals surface area contributed by atoms with Crippen molar-refractivity contribution in [2.24, 2.45) is 4.99 Å². The lowest BCUT2D eigenvalue weighted by Gasteiger charge is -2.31. The van der Waals surface area contributed by atoms with E-state index in [2.05, 4.69) is 9.98 Å². The third kappa shape index (κ3) is 2.60. The van der Waals surface area contributed by atoms with Crippen LogP contribution in [-0.2, 0) is 14.8 Å². The maximum absolute atomic E-state index is 12.6. The Morgan fingerprint density at radius 2 is 2.25 bits per heavy atom. The van der Waals surface area contributed by atoms with Crippen LogP contribution in [0.2, 0.25) is 0 Å². The summed E-state index contributed by atoms with van der Waals surface area (Å²) in [5, 5.41) is 8.97. The summed E-state index contributed by atoms with van der Waals surface area (Å²) in [5.74, 6) is 0. The van der Waals surface area contributed by atoms with Crippen LogP contribution < -0.4 is 0 Å². The summed E-state index contributed by atoms with van der Waals surface area (Å²) in [4.78, 5) is 17.6. The van der Waals surface area contributed by atoms with E-state index in [9.17, 15) is 13.2 Å². The first kappa shape index (κ1) is 14.3. The third-order valence-electron chi connectivity index (χ3n) is 3.09. The average molecular weight is 292 g/mol. The van der Waals surface area contributed by atoms with Crippen LogP contribution >= 0.6 is 0 Å². The molecule has 1 aliphatic heterocycles. The minimum absolute atomic E-state index is 0.157. The molecule has 104 valence electrons. The molecule has 0 saturated carbocycles. The van der Waals surface area contributed by atoms with Gasteiger partial charge in [-0.3, -0.25) is 0 Å². The average Bonchev–Trinajstić information content (AvgIpc) is 2.48. The van der Waals surface area contributed by atoms with Crippen molar-refractivity contribution in [2.45, 2.75) is 30.3 Å². The zero-order chi connectivity index (χ0) is 14.6. The quantitative estimate of drug-likeness (QED) is 0.605. The highest BCUT2D eigenvalue weighted by atomic mass is 32.2. The van der Waals surface area contributed by atoms with Gasteiger partial charge in [-0.1, -0.05) is 0 Å². The number of nitriles is 1. The number of carbonyl (C=O) groups excluding carboxylic acids is 1. The standard InChI is InChI=1S/C12H12N4O3S/c13-8-10-11(4-3-6-14-10)20(18,19)16-7-2-1-5-12(16)15-9-17/h3-4,6,12H,1-2,5,7H2. The van der Waals surface area contributed by atoms with Crippen LogP contribution in [0.4, 0.5) is 0 Å². The molecule has 0 radical (unpaired) electrons. The molecule has 2 rings (SSSR count). The van der Waals surface area contributed by atoms with Crippen LogP contribution in [0, 0.1) is 11.3 Å². The molecule has 8 heteroatoms. The van der Waals surface area contributed by atoms with Gasteiger partial charge in [0.15, 0.2) is 5.69 Å². The van der Waals surface area contributed by atoms with Gasteiger partial charge in [0.25, 0.3) is 0 Å². The van der Waals surface area contributed by atoms with E-state index in [4.69, 9.17) is 5.26 Å². The number of nitrogens with zero attached hydrogens (tertiary/aromatic N) is 4. The van der Waals surface area contributed by atoms with Gasteiger partial charge in [-0.2, -0.15) is 14.6 Å². The van der Waals surface area contributed by atoms with Crippen molar-refractivity contribution < 1.29 is 13.2 Å². The SMILES string of the molecule is N#Cc1ncccc1S(=O)(=O)N1CCCCC1N=C=O. The molecule has 1 aromatic heterocycles. The van der Waals surface area contributed by atoms with Gasteiger partial charge in [0.1, 0.15) is 17.1 Å². The molecule has 1 atom stereocenters. The highest BCUT2D eigenvalue weighted by molar-refractivity contribution is 7.89. The topological polar surface area (TPSA) is 103 Å². The van der Waals surface area contributed by atoms with E-state index in [0.29, 0.717) is 12.8 Å². The van der Waals surface area contributed by atoms with Crippen LogP contribution in [0.15, 0.2) is 28.2 Å². The Labute approximate surface area is 116 Å². The summed E-state index contributed by atoms with van der Waals surface area (Å²) in [6.07, 6.45) is 3.96. The monoisotopic (exact) mass is 292 g/mol. The molecule has 1 saturated heterocycles. The van der Waals surface area contributed by atoms with Gasteiger partial charge in [0.2, 0.25) is 16.1 Å². The first-order valence-electron chi connectivity index (χ1n) is 6.05. The normalized spacial score (nSPS) is 19.9. The van der Waals surface area contributed by atoms with Crippen LogP contribution in [0.5, 0.6) is 0 Å². The molecule has 1 fully saturated rings. The van der Waals surface area contributed by atoms with Gasteiger partial charge in [0, 0.05) is 12.7 Å². The lowest BCUT2D eigenvalue weighted by molar-refractivity contribution is 0.259. The molecule has 1 aromatic rings. The summed E-state index contributed by atoms with van der Waals surface area (Å²) in [6, 6.07) is 4.55. The number of isocyanates is 1. The lowest BCUT2D eigenvalue weighted by Crippen LogP contribution is -2.42. The van der Waals surface area contributed by atoms with Crippen LogP contribution in [0.3, 0.4) is 0 Å². The summed E-state index contributed by atoms with van der Waals surface area (Å²) < 4.78 is 26.3. The van der Waals surface area contributed by atoms with Crippen LogP contribution in [0.25, 0.3) is 0 Å². The molecule has 0 N–H and O–H groups in total. The molecule has 0 spiro atoms. The molecule has 1 unspecified atom stereocenters. The van der Waals surface area contributed by atoms with Crippen LogP contribution in [-0.4, -0.2) is 36.5 Å². The fourth-order valence-electron chi connectivity index (χ4n) is 2.17. The molecule has 0 bridgehead atoms. The minimum atomic E-state index is -3.90. The summed E-state index contributed by atoms with van der Waals surface area (Å²) in [6.45, 7) is 0.262. The molecule has 0 aliphatic carbocycles. The molecule has 0 amide bonds. The van der Waals surface area contributed by atoms with Crippen molar-refractivity contribution >= 4 is 16.1 Å². The van der Waals surface area contributed by atoms with E-state index in [-0.39, 0.29) is 17.1 Å². The Morgan fingerprint density at radius 3 is 2.95 bits per heavy atom. The molecule has 7 nitrogen and oxygen atoms in total. The summed E-state index contributed by atoms with van der Waals surface area (Å²) >= 11 is 0. The number of pyridine rings is 1. The number of hydrogen-bond donors (Lipinski definition) is 0. The largest absolute Gasteiger partial charge is 0.247 e. The highest BCUT2D eigenvalue weighted by Gasteiger charge is 2.35. The smallest absolute Gasteiger partial charge is 0.244 e. The second kappa shape index (κ2) is 5.92. The predicted molar refractivity (Wildman–Crippen MR) is 68.6 cm³/mol. The van der Waals surface area contributed by atoms with Crippen molar-refractivity contribution in [1.29, 1.82) is 5.26 Å². The second-order valence-corrected chi connectivity index (χ2v) is 6.13. The molecule has 0 aromatic carbocycles. The Bertz CT molecular complexity index is 689. The maximum Gasteiger partial charge on any atom is 0.247 e. The Hall–Kier alpha value is -2.07. The number of hydrogen-bond acceptors (Lipinski definition) is 6. The van der Waals surface area contributed by atoms with Gasteiger partial charge in [-0.25, -0.2) is 18.2 Å². The van der Waals surface area contributed by atoms with Gasteiger partial charge < -0.3 is 0 Å². The summed E-state index contributed by atoms with van der Waals surface area (Å²) in [7, 11) is -3.90. The predicted octanol–water partition coefficient (Wildman–Crippen LogP) is 0.790. The van der Waals surface area contributed by atoms with Crippen molar-refractivity contribution in [3.05, 3.63) is 24.0 Å². The zero-order valence-electron chi connectivity index (χ0n) is 10.6. The van der Waals surface area contributed by atoms with E-state index < -0.39 is 16.2 Å². The molecular weight excluding hydrogens is 280 g/mol. The lowest BCUT2D eigenvalue weighted by atomic mass is 10.1. The Kier molecular flexibility index (Phi) is 4.25. The fraction of sp³-hybridized carbons (Fsp3) is 0.417. The first-order chi connectivity index (χ1) is 9.61.